The van der Waals surface area contributed by atoms with Crippen LogP contribution in [0.2, 0.25) is 0 Å². The molecule has 2 rings (SSSR count). The molecule has 41 heavy (non-hydrogen) atoms. The molecule has 2 N–H and O–H groups in total. The average Bonchev–Trinajstić information content (AvgIpc) is 2.91. The van der Waals surface area contributed by atoms with Gasteiger partial charge in [0.25, 0.3) is 0 Å². The van der Waals surface area contributed by atoms with Gasteiger partial charge in [-0.15, -0.1) is 0 Å². The zero-order valence-corrected chi connectivity index (χ0v) is 27.2. The van der Waals surface area contributed by atoms with E-state index >= 15 is 0 Å². The second-order valence-electron chi connectivity index (χ2n) is 12.4. The summed E-state index contributed by atoms with van der Waals surface area (Å²) in [5.74, 6) is 0.326. The summed E-state index contributed by atoms with van der Waals surface area (Å²) in [5.41, 5.74) is 1.16. The Morgan fingerprint density at radius 1 is 1.05 bits per heavy atom. The van der Waals surface area contributed by atoms with Crippen LogP contribution in [-0.2, 0) is 14.3 Å². The Hall–Kier alpha value is -2.22. The first kappa shape index (κ1) is 35.0. The van der Waals surface area contributed by atoms with Crippen LogP contribution in [0, 0.1) is 6.92 Å². The van der Waals surface area contributed by atoms with Crippen LogP contribution < -0.4 is 10.6 Å². The maximum absolute atomic E-state index is 14.4. The van der Waals surface area contributed by atoms with Crippen LogP contribution in [0.4, 0.5) is 4.79 Å². The Labute approximate surface area is 253 Å². The standard InChI is InChI=1S/C33H55N3O4S/c1-7-8-9-10-11-15-22-36(31(38)28(21-23-41-6)35-32(39)40-33(3,4)5)29(26-18-16-17-25(2)24-26)30(37)34-27-19-13-12-14-20-27/h16-18,24,27-29H,7-15,19-23H2,1-6H3,(H,34,37)(H,35,39). The largest absolute Gasteiger partial charge is 0.444 e. The summed E-state index contributed by atoms with van der Waals surface area (Å²) in [4.78, 5) is 43.0. The summed E-state index contributed by atoms with van der Waals surface area (Å²) in [5, 5.41) is 6.14. The lowest BCUT2D eigenvalue weighted by Crippen LogP contribution is -2.54. The fourth-order valence-corrected chi connectivity index (χ4v) is 5.88. The minimum Gasteiger partial charge on any atom is -0.444 e. The van der Waals surface area contributed by atoms with Gasteiger partial charge in [0.1, 0.15) is 17.7 Å². The Kier molecular flexibility index (Phi) is 15.7. The molecule has 232 valence electrons. The van der Waals surface area contributed by atoms with Gasteiger partial charge in [0, 0.05) is 12.6 Å². The Morgan fingerprint density at radius 2 is 1.73 bits per heavy atom. The van der Waals surface area contributed by atoms with Crippen LogP contribution in [0.1, 0.15) is 122 Å². The number of amides is 3. The molecule has 1 aliphatic carbocycles. The zero-order valence-electron chi connectivity index (χ0n) is 26.4. The maximum atomic E-state index is 14.4. The van der Waals surface area contributed by atoms with Crippen molar-refractivity contribution in [2.75, 3.05) is 18.6 Å². The van der Waals surface area contributed by atoms with Crippen LogP contribution >= 0.6 is 11.8 Å². The number of benzene rings is 1. The molecule has 1 aliphatic rings. The van der Waals surface area contributed by atoms with Crippen molar-refractivity contribution in [1.29, 1.82) is 0 Å². The number of hydrogen-bond donors (Lipinski definition) is 2. The van der Waals surface area contributed by atoms with Crippen molar-refractivity contribution in [3.05, 3.63) is 35.4 Å². The second kappa shape index (κ2) is 18.3. The number of hydrogen-bond acceptors (Lipinski definition) is 5. The van der Waals surface area contributed by atoms with Crippen molar-refractivity contribution in [1.82, 2.24) is 15.5 Å². The SMILES string of the molecule is CCCCCCCCN(C(=O)C(CCSC)NC(=O)OC(C)(C)C)C(C(=O)NC1CCCCC1)c1cccc(C)c1. The fraction of sp³-hybridized carbons (Fsp3) is 0.727. The van der Waals surface area contributed by atoms with Crippen molar-refractivity contribution in [3.63, 3.8) is 0 Å². The predicted octanol–water partition coefficient (Wildman–Crippen LogP) is 7.32. The van der Waals surface area contributed by atoms with Crippen LogP contribution in [0.3, 0.4) is 0 Å². The number of nitrogens with zero attached hydrogens (tertiary/aromatic N) is 1. The molecule has 3 amide bonds. The molecular formula is C33H55N3O4S. The Balaban J connectivity index is 2.42. The molecule has 0 heterocycles. The minimum atomic E-state index is -0.785. The molecule has 0 spiro atoms. The van der Waals surface area contributed by atoms with Crippen molar-refractivity contribution in [2.45, 2.75) is 135 Å². The smallest absolute Gasteiger partial charge is 0.408 e. The number of carbonyl (C=O) groups excluding carboxylic acids is 3. The predicted molar refractivity (Wildman–Crippen MR) is 170 cm³/mol. The molecular weight excluding hydrogens is 534 g/mol. The van der Waals surface area contributed by atoms with E-state index in [9.17, 15) is 14.4 Å². The number of ether oxygens (including phenoxy) is 1. The number of aryl methyl sites for hydroxylation is 1. The highest BCUT2D eigenvalue weighted by Crippen LogP contribution is 2.27. The monoisotopic (exact) mass is 589 g/mol. The second-order valence-corrected chi connectivity index (χ2v) is 13.4. The van der Waals surface area contributed by atoms with E-state index in [2.05, 4.69) is 17.6 Å². The first-order valence-electron chi connectivity index (χ1n) is 15.7. The minimum absolute atomic E-state index is 0.127. The van der Waals surface area contributed by atoms with Gasteiger partial charge < -0.3 is 20.3 Å². The number of thioether (sulfide) groups is 1. The first-order chi connectivity index (χ1) is 19.6. The Bertz CT molecular complexity index is 943. The molecule has 0 aromatic heterocycles. The average molecular weight is 590 g/mol. The van der Waals surface area contributed by atoms with Gasteiger partial charge in [-0.1, -0.05) is 88.1 Å². The first-order valence-corrected chi connectivity index (χ1v) is 17.1. The number of alkyl carbamates (subject to hydrolysis) is 1. The van der Waals surface area contributed by atoms with Crippen molar-refractivity contribution >= 4 is 29.7 Å². The van der Waals surface area contributed by atoms with Crippen molar-refractivity contribution < 1.29 is 19.1 Å². The van der Waals surface area contributed by atoms with Gasteiger partial charge in [0.2, 0.25) is 11.8 Å². The quantitative estimate of drug-likeness (QED) is 0.197. The molecule has 1 saturated carbocycles. The third-order valence-corrected chi connectivity index (χ3v) is 8.15. The lowest BCUT2D eigenvalue weighted by atomic mass is 9.94. The third-order valence-electron chi connectivity index (χ3n) is 7.50. The van der Waals surface area contributed by atoms with E-state index in [-0.39, 0.29) is 17.9 Å². The zero-order chi connectivity index (χ0) is 30.3. The van der Waals surface area contributed by atoms with Gasteiger partial charge in [0.15, 0.2) is 0 Å². The molecule has 8 heteroatoms. The van der Waals surface area contributed by atoms with Crippen LogP contribution in [0.25, 0.3) is 0 Å². The lowest BCUT2D eigenvalue weighted by molar-refractivity contribution is -0.143. The van der Waals surface area contributed by atoms with Gasteiger partial charge in [-0.3, -0.25) is 9.59 Å². The van der Waals surface area contributed by atoms with E-state index < -0.39 is 23.8 Å². The normalized spacial score (nSPS) is 15.6. The van der Waals surface area contributed by atoms with Gasteiger partial charge in [0.05, 0.1) is 0 Å². The molecule has 0 radical (unpaired) electrons. The summed E-state index contributed by atoms with van der Waals surface area (Å²) < 4.78 is 5.52. The summed E-state index contributed by atoms with van der Waals surface area (Å²) in [6.07, 6.45) is 13.6. The van der Waals surface area contributed by atoms with Gasteiger partial charge in [-0.2, -0.15) is 11.8 Å². The summed E-state index contributed by atoms with van der Waals surface area (Å²) in [6, 6.07) is 6.47. The molecule has 1 aromatic carbocycles. The topological polar surface area (TPSA) is 87.7 Å². The molecule has 1 aromatic rings. The van der Waals surface area contributed by atoms with E-state index in [4.69, 9.17) is 4.74 Å². The van der Waals surface area contributed by atoms with E-state index in [1.165, 1.54) is 25.7 Å². The van der Waals surface area contributed by atoms with E-state index in [0.29, 0.717) is 18.7 Å². The number of nitrogens with one attached hydrogen (secondary N) is 2. The van der Waals surface area contributed by atoms with Gasteiger partial charge >= 0.3 is 6.09 Å². The molecule has 2 unspecified atom stereocenters. The highest BCUT2D eigenvalue weighted by atomic mass is 32.2. The molecule has 0 aliphatic heterocycles. The van der Waals surface area contributed by atoms with Crippen LogP contribution in [0.15, 0.2) is 24.3 Å². The molecule has 7 nitrogen and oxygen atoms in total. The maximum Gasteiger partial charge on any atom is 0.408 e. The number of unbranched alkanes of at least 4 members (excludes halogenated alkanes) is 5. The van der Waals surface area contributed by atoms with Crippen molar-refractivity contribution in [2.24, 2.45) is 0 Å². The van der Waals surface area contributed by atoms with E-state index in [0.717, 1.165) is 56.1 Å². The van der Waals surface area contributed by atoms with Crippen LogP contribution in [0.5, 0.6) is 0 Å². The van der Waals surface area contributed by atoms with E-state index in [1.807, 2.05) is 37.4 Å². The molecule has 1 fully saturated rings. The fourth-order valence-electron chi connectivity index (χ4n) is 5.41. The van der Waals surface area contributed by atoms with Crippen LogP contribution in [-0.4, -0.2) is 59.0 Å². The summed E-state index contributed by atoms with van der Waals surface area (Å²) in [6.45, 7) is 10.1. The Morgan fingerprint density at radius 3 is 2.37 bits per heavy atom. The number of carbonyl (C=O) groups is 3. The molecule has 2 atom stereocenters. The van der Waals surface area contributed by atoms with E-state index in [1.54, 1.807) is 37.4 Å². The third kappa shape index (κ3) is 13.1. The summed E-state index contributed by atoms with van der Waals surface area (Å²) >= 11 is 1.62. The lowest BCUT2D eigenvalue weighted by Gasteiger charge is -2.36. The highest BCUT2D eigenvalue weighted by Gasteiger charge is 2.36. The molecule has 0 bridgehead atoms. The highest BCUT2D eigenvalue weighted by molar-refractivity contribution is 7.98. The van der Waals surface area contributed by atoms with Gasteiger partial charge in [-0.05, 0) is 71.0 Å². The summed E-state index contributed by atoms with van der Waals surface area (Å²) in [7, 11) is 0. The number of rotatable bonds is 16. The van der Waals surface area contributed by atoms with Gasteiger partial charge in [-0.25, -0.2) is 4.79 Å². The molecule has 0 saturated heterocycles. The van der Waals surface area contributed by atoms with Crippen molar-refractivity contribution in [3.8, 4) is 0 Å².